The van der Waals surface area contributed by atoms with Gasteiger partial charge in [0.15, 0.2) is 0 Å². The van der Waals surface area contributed by atoms with Gasteiger partial charge in [-0.05, 0) is 19.9 Å². The van der Waals surface area contributed by atoms with Gasteiger partial charge in [0.25, 0.3) is 0 Å². The number of aliphatic carboxylic acids is 1. The van der Waals surface area contributed by atoms with E-state index >= 15 is 0 Å². The van der Waals surface area contributed by atoms with Crippen molar-refractivity contribution < 1.29 is 14.3 Å². The zero-order valence-corrected chi connectivity index (χ0v) is 6.43. The van der Waals surface area contributed by atoms with Crippen molar-refractivity contribution in [2.24, 2.45) is 5.92 Å². The molecular formula is C7H12FNO2. The molecule has 0 radical (unpaired) electrons. The summed E-state index contributed by atoms with van der Waals surface area (Å²) < 4.78 is 12.3. The second kappa shape index (κ2) is 2.77. The van der Waals surface area contributed by atoms with Crippen molar-refractivity contribution in [1.82, 2.24) is 5.32 Å². The van der Waals surface area contributed by atoms with E-state index in [-0.39, 0.29) is 5.92 Å². The lowest BCUT2D eigenvalue weighted by Gasteiger charge is -2.24. The Morgan fingerprint density at radius 1 is 1.91 bits per heavy atom. The van der Waals surface area contributed by atoms with Crippen LogP contribution in [0.15, 0.2) is 0 Å². The first kappa shape index (κ1) is 8.46. The van der Waals surface area contributed by atoms with Crippen molar-refractivity contribution in [2.75, 3.05) is 13.2 Å². The minimum Gasteiger partial charge on any atom is -0.480 e. The second-order valence-corrected chi connectivity index (χ2v) is 3.07. The van der Waals surface area contributed by atoms with Gasteiger partial charge in [0.2, 0.25) is 0 Å². The predicted molar refractivity (Wildman–Crippen MR) is 38.1 cm³/mol. The fourth-order valence-corrected chi connectivity index (χ4v) is 1.42. The molecule has 64 valence electrons. The van der Waals surface area contributed by atoms with Crippen molar-refractivity contribution >= 4 is 5.97 Å². The quantitative estimate of drug-likeness (QED) is 0.616. The molecule has 1 aliphatic heterocycles. The van der Waals surface area contributed by atoms with Crippen molar-refractivity contribution in [3.8, 4) is 0 Å². The van der Waals surface area contributed by atoms with E-state index in [4.69, 9.17) is 5.11 Å². The van der Waals surface area contributed by atoms with E-state index in [2.05, 4.69) is 5.32 Å². The van der Waals surface area contributed by atoms with Crippen LogP contribution in [0.25, 0.3) is 0 Å². The number of carbonyl (C=O) groups is 1. The third-order valence-electron chi connectivity index (χ3n) is 2.43. The van der Waals surface area contributed by atoms with Crippen LogP contribution in [0.1, 0.15) is 13.3 Å². The van der Waals surface area contributed by atoms with Crippen LogP contribution in [0.2, 0.25) is 0 Å². The van der Waals surface area contributed by atoms with E-state index < -0.39 is 18.2 Å². The van der Waals surface area contributed by atoms with Crippen LogP contribution >= 0.6 is 0 Å². The number of carboxylic acids is 1. The van der Waals surface area contributed by atoms with Gasteiger partial charge in [-0.2, -0.15) is 0 Å². The maximum absolute atomic E-state index is 12.3. The fraction of sp³-hybridized carbons (Fsp3) is 0.857. The van der Waals surface area contributed by atoms with Crippen LogP contribution < -0.4 is 5.32 Å². The molecule has 1 saturated heterocycles. The van der Waals surface area contributed by atoms with Gasteiger partial charge < -0.3 is 10.4 Å². The van der Waals surface area contributed by atoms with Gasteiger partial charge in [-0.3, -0.25) is 9.18 Å². The second-order valence-electron chi connectivity index (χ2n) is 3.07. The minimum atomic E-state index is -1.05. The Kier molecular flexibility index (Phi) is 2.13. The monoisotopic (exact) mass is 161 g/mol. The number of hydrogen-bond donors (Lipinski definition) is 2. The molecule has 0 amide bonds. The van der Waals surface area contributed by atoms with Crippen molar-refractivity contribution in [3.05, 3.63) is 0 Å². The fourth-order valence-electron chi connectivity index (χ4n) is 1.42. The molecule has 0 unspecified atom stereocenters. The Balaban J connectivity index is 2.75. The van der Waals surface area contributed by atoms with Crippen LogP contribution in [-0.2, 0) is 4.79 Å². The van der Waals surface area contributed by atoms with Gasteiger partial charge in [0.1, 0.15) is 5.54 Å². The maximum Gasteiger partial charge on any atom is 0.323 e. The molecule has 2 N–H and O–H groups in total. The van der Waals surface area contributed by atoms with Crippen molar-refractivity contribution in [3.63, 3.8) is 0 Å². The summed E-state index contributed by atoms with van der Waals surface area (Å²) in [6.45, 7) is 1.57. The zero-order chi connectivity index (χ0) is 8.48. The highest BCUT2D eigenvalue weighted by Gasteiger charge is 2.44. The largest absolute Gasteiger partial charge is 0.480 e. The molecule has 0 aromatic heterocycles. The van der Waals surface area contributed by atoms with Gasteiger partial charge in [-0.15, -0.1) is 0 Å². The highest BCUT2D eigenvalue weighted by molar-refractivity contribution is 5.79. The van der Waals surface area contributed by atoms with Gasteiger partial charge >= 0.3 is 5.97 Å². The zero-order valence-electron chi connectivity index (χ0n) is 6.43. The molecule has 11 heavy (non-hydrogen) atoms. The van der Waals surface area contributed by atoms with E-state index in [0.717, 1.165) is 0 Å². The smallest absolute Gasteiger partial charge is 0.323 e. The number of hydrogen-bond acceptors (Lipinski definition) is 2. The van der Waals surface area contributed by atoms with E-state index in [0.29, 0.717) is 13.0 Å². The van der Waals surface area contributed by atoms with Crippen LogP contribution in [-0.4, -0.2) is 29.8 Å². The van der Waals surface area contributed by atoms with Gasteiger partial charge in [0, 0.05) is 5.92 Å². The lowest BCUT2D eigenvalue weighted by Crippen LogP contribution is -2.49. The summed E-state index contributed by atoms with van der Waals surface area (Å²) in [5, 5.41) is 11.5. The number of nitrogens with one attached hydrogen (secondary N) is 1. The van der Waals surface area contributed by atoms with E-state index in [9.17, 15) is 9.18 Å². The summed E-state index contributed by atoms with van der Waals surface area (Å²) in [6.07, 6.45) is 0.610. The van der Waals surface area contributed by atoms with Crippen molar-refractivity contribution in [1.29, 1.82) is 0 Å². The molecule has 1 fully saturated rings. The first-order valence-electron chi connectivity index (χ1n) is 3.65. The molecule has 0 spiro atoms. The summed E-state index contributed by atoms with van der Waals surface area (Å²) in [4.78, 5) is 10.7. The number of rotatable bonds is 2. The Morgan fingerprint density at radius 2 is 2.55 bits per heavy atom. The minimum absolute atomic E-state index is 0.375. The molecule has 0 aliphatic carbocycles. The SMILES string of the molecule is C[C@@]1(C(=O)O)NCC[C@@H]1CF. The van der Waals surface area contributed by atoms with E-state index in [1.165, 1.54) is 6.92 Å². The van der Waals surface area contributed by atoms with Crippen molar-refractivity contribution in [2.45, 2.75) is 18.9 Å². The average Bonchev–Trinajstić information content (AvgIpc) is 2.32. The predicted octanol–water partition coefficient (Wildman–Crippen LogP) is 0.409. The molecule has 1 heterocycles. The molecule has 1 rings (SSSR count). The molecule has 0 saturated carbocycles. The number of halogens is 1. The number of alkyl halides is 1. The average molecular weight is 161 g/mol. The molecule has 2 atom stereocenters. The summed E-state index contributed by atoms with van der Waals surface area (Å²) in [7, 11) is 0. The third-order valence-corrected chi connectivity index (χ3v) is 2.43. The molecular weight excluding hydrogens is 149 g/mol. The maximum atomic E-state index is 12.3. The summed E-state index contributed by atoms with van der Waals surface area (Å²) in [6, 6.07) is 0. The lowest BCUT2D eigenvalue weighted by atomic mass is 9.89. The lowest BCUT2D eigenvalue weighted by molar-refractivity contribution is -0.145. The topological polar surface area (TPSA) is 49.3 Å². The van der Waals surface area contributed by atoms with Crippen LogP contribution in [0.3, 0.4) is 0 Å². The highest BCUT2D eigenvalue weighted by Crippen LogP contribution is 2.26. The summed E-state index contributed by atoms with van der Waals surface area (Å²) >= 11 is 0. The van der Waals surface area contributed by atoms with E-state index in [1.807, 2.05) is 0 Å². The molecule has 0 aromatic rings. The van der Waals surface area contributed by atoms with E-state index in [1.54, 1.807) is 0 Å². The Bertz CT molecular complexity index is 174. The summed E-state index contributed by atoms with van der Waals surface area (Å²) in [5.74, 6) is -1.34. The Labute approximate surface area is 64.6 Å². The van der Waals surface area contributed by atoms with Gasteiger partial charge in [-0.1, -0.05) is 0 Å². The number of carboxylic acid groups (broad SMARTS) is 1. The van der Waals surface area contributed by atoms with Crippen LogP contribution in [0.4, 0.5) is 4.39 Å². The Hall–Kier alpha value is -0.640. The van der Waals surface area contributed by atoms with Crippen LogP contribution in [0, 0.1) is 5.92 Å². The van der Waals surface area contributed by atoms with Gasteiger partial charge in [0.05, 0.1) is 6.67 Å². The van der Waals surface area contributed by atoms with Crippen LogP contribution in [0.5, 0.6) is 0 Å². The summed E-state index contributed by atoms with van der Waals surface area (Å²) in [5.41, 5.74) is -1.05. The normalized spacial score (nSPS) is 37.5. The molecule has 4 heteroatoms. The molecule has 0 aromatic carbocycles. The molecule has 1 aliphatic rings. The molecule has 3 nitrogen and oxygen atoms in total. The third kappa shape index (κ3) is 1.22. The first-order valence-corrected chi connectivity index (χ1v) is 3.65. The first-order chi connectivity index (χ1) is 5.11. The molecule has 0 bridgehead atoms. The Morgan fingerprint density at radius 3 is 2.91 bits per heavy atom. The van der Waals surface area contributed by atoms with Gasteiger partial charge in [-0.25, -0.2) is 0 Å². The highest BCUT2D eigenvalue weighted by atomic mass is 19.1. The standard InChI is InChI=1S/C7H12FNO2/c1-7(6(10)11)5(4-8)2-3-9-7/h5,9H,2-4H2,1H3,(H,10,11)/t5-,7-/m1/s1.